The van der Waals surface area contributed by atoms with Gasteiger partial charge in [-0.05, 0) is 25.7 Å². The number of aliphatic hydroxyl groups excluding tert-OH is 3. The highest BCUT2D eigenvalue weighted by Gasteiger charge is 2.47. The maximum Gasteiger partial charge on any atom is 0.309 e. The summed E-state index contributed by atoms with van der Waals surface area (Å²) in [6.07, 6.45) is 4.87. The molecule has 0 radical (unpaired) electrons. The normalized spacial score (nSPS) is 31.0. The molecule has 4 atom stereocenters. The lowest BCUT2D eigenvalue weighted by Gasteiger charge is -2.20. The van der Waals surface area contributed by atoms with Gasteiger partial charge in [-0.1, -0.05) is 11.4 Å². The molecule has 2 aromatic heterocycles. The Labute approximate surface area is 144 Å². The molecule has 9 heteroatoms. The summed E-state index contributed by atoms with van der Waals surface area (Å²) in [7, 11) is 0. The van der Waals surface area contributed by atoms with Crippen LogP contribution in [0.25, 0.3) is 11.2 Å². The average Bonchev–Trinajstić information content (AvgIpc) is 3.15. The smallest absolute Gasteiger partial charge is 0.309 e. The van der Waals surface area contributed by atoms with Crippen LogP contribution in [0.2, 0.25) is 0 Å². The van der Waals surface area contributed by atoms with Gasteiger partial charge >= 0.3 is 5.65 Å². The summed E-state index contributed by atoms with van der Waals surface area (Å²) < 4.78 is 9.42. The Morgan fingerprint density at radius 1 is 1.20 bits per heavy atom. The summed E-state index contributed by atoms with van der Waals surface area (Å²) >= 11 is 0. The molecule has 25 heavy (non-hydrogen) atoms. The van der Waals surface area contributed by atoms with Crippen molar-refractivity contribution in [2.45, 2.75) is 62.7 Å². The zero-order valence-corrected chi connectivity index (χ0v) is 13.9. The van der Waals surface area contributed by atoms with Gasteiger partial charge in [-0.2, -0.15) is 4.98 Å². The molecule has 0 amide bonds. The second-order valence-corrected chi connectivity index (χ2v) is 6.88. The molecule has 1 saturated heterocycles. The van der Waals surface area contributed by atoms with Gasteiger partial charge in [-0.25, -0.2) is 4.57 Å². The Kier molecular flexibility index (Phi) is 4.32. The van der Waals surface area contributed by atoms with Gasteiger partial charge < -0.3 is 25.8 Å². The van der Waals surface area contributed by atoms with Gasteiger partial charge in [-0.15, -0.1) is 0 Å². The largest absolute Gasteiger partial charge is 0.394 e. The fourth-order valence-corrected chi connectivity index (χ4v) is 4.00. The first-order valence-corrected chi connectivity index (χ1v) is 8.76. The molecule has 3 heterocycles. The number of nitrogen functional groups attached to an aromatic ring is 1. The molecule has 5 N–H and O–H groups in total. The molecule has 0 bridgehead atoms. The van der Waals surface area contributed by atoms with E-state index in [4.69, 9.17) is 10.5 Å². The Morgan fingerprint density at radius 2 is 1.96 bits per heavy atom. The van der Waals surface area contributed by atoms with E-state index in [0.29, 0.717) is 23.0 Å². The SMILES string of the molecule is Nc1ncnc2c1n(C1CCCCC1)c[n+]2[C@@H]1O[C@H](CO)[C@@H](O)[C@H]1O. The van der Waals surface area contributed by atoms with Crippen molar-refractivity contribution in [2.75, 3.05) is 12.3 Å². The average molecular weight is 350 g/mol. The first kappa shape index (κ1) is 16.6. The zero-order valence-electron chi connectivity index (χ0n) is 13.9. The van der Waals surface area contributed by atoms with Gasteiger partial charge in [0.1, 0.15) is 18.3 Å². The van der Waals surface area contributed by atoms with E-state index < -0.39 is 24.5 Å². The Morgan fingerprint density at radius 3 is 2.64 bits per heavy atom. The van der Waals surface area contributed by atoms with Crippen LogP contribution >= 0.6 is 0 Å². The minimum atomic E-state index is -1.16. The van der Waals surface area contributed by atoms with E-state index in [1.165, 1.54) is 12.7 Å². The number of rotatable bonds is 3. The number of aromatic nitrogens is 4. The third-order valence-corrected chi connectivity index (χ3v) is 5.34. The van der Waals surface area contributed by atoms with Crippen LogP contribution < -0.4 is 10.3 Å². The molecule has 136 valence electrons. The van der Waals surface area contributed by atoms with Gasteiger partial charge in [0.15, 0.2) is 18.5 Å². The number of hydrogen-bond acceptors (Lipinski definition) is 7. The van der Waals surface area contributed by atoms with Crippen LogP contribution in [0.1, 0.15) is 44.4 Å². The van der Waals surface area contributed by atoms with Gasteiger partial charge in [0.25, 0.3) is 0 Å². The molecule has 0 spiro atoms. The van der Waals surface area contributed by atoms with Crippen molar-refractivity contribution >= 4 is 17.0 Å². The molecule has 2 aromatic rings. The van der Waals surface area contributed by atoms with Gasteiger partial charge in [-0.3, -0.25) is 4.57 Å². The molecule has 0 aromatic carbocycles. The Bertz CT molecular complexity index is 760. The number of nitrogens with zero attached hydrogens (tertiary/aromatic N) is 4. The third kappa shape index (κ3) is 2.67. The number of fused-ring (bicyclic) bond motifs is 1. The Hall–Kier alpha value is -1.81. The Balaban J connectivity index is 1.81. The molecule has 2 fully saturated rings. The van der Waals surface area contributed by atoms with Crippen LogP contribution in [0.4, 0.5) is 5.82 Å². The number of ether oxygens (including phenoxy) is 1. The topological polar surface area (TPSA) is 131 Å². The van der Waals surface area contributed by atoms with Crippen LogP contribution in [-0.4, -0.2) is 54.8 Å². The van der Waals surface area contributed by atoms with Crippen LogP contribution in [-0.2, 0) is 4.74 Å². The van der Waals surface area contributed by atoms with Crippen LogP contribution in [0.3, 0.4) is 0 Å². The highest BCUT2D eigenvalue weighted by atomic mass is 16.6. The van der Waals surface area contributed by atoms with Gasteiger partial charge in [0.2, 0.25) is 11.7 Å². The van der Waals surface area contributed by atoms with Crippen molar-refractivity contribution in [2.24, 2.45) is 0 Å². The van der Waals surface area contributed by atoms with Crippen molar-refractivity contribution in [1.82, 2.24) is 14.5 Å². The molecule has 0 unspecified atom stereocenters. The first-order chi connectivity index (χ1) is 12.1. The maximum atomic E-state index is 10.4. The summed E-state index contributed by atoms with van der Waals surface area (Å²) in [5, 5.41) is 29.8. The van der Waals surface area contributed by atoms with Gasteiger partial charge in [0, 0.05) is 0 Å². The van der Waals surface area contributed by atoms with Crippen LogP contribution in [0.15, 0.2) is 12.7 Å². The lowest BCUT2D eigenvalue weighted by atomic mass is 9.95. The predicted molar refractivity (Wildman–Crippen MR) is 87.3 cm³/mol. The minimum absolute atomic E-state index is 0.294. The molecule has 1 aliphatic carbocycles. The molecular weight excluding hydrogens is 326 g/mol. The summed E-state index contributed by atoms with van der Waals surface area (Å²) in [6, 6.07) is 0.294. The van der Waals surface area contributed by atoms with E-state index in [2.05, 4.69) is 14.5 Å². The summed E-state index contributed by atoms with van der Waals surface area (Å²) in [5.41, 5.74) is 7.38. The molecule has 1 saturated carbocycles. The van der Waals surface area contributed by atoms with Crippen molar-refractivity contribution < 1.29 is 24.6 Å². The number of nitrogens with two attached hydrogens (primary N) is 1. The second kappa shape index (κ2) is 6.49. The summed E-state index contributed by atoms with van der Waals surface area (Å²) in [4.78, 5) is 8.44. The van der Waals surface area contributed by atoms with E-state index in [0.717, 1.165) is 25.7 Å². The highest BCUT2D eigenvalue weighted by Crippen LogP contribution is 2.33. The van der Waals surface area contributed by atoms with Crippen molar-refractivity contribution in [3.8, 4) is 0 Å². The minimum Gasteiger partial charge on any atom is -0.394 e. The molecule has 2 aliphatic rings. The zero-order chi connectivity index (χ0) is 17.6. The van der Waals surface area contributed by atoms with Crippen LogP contribution in [0.5, 0.6) is 0 Å². The molecule has 9 nitrogen and oxygen atoms in total. The second-order valence-electron chi connectivity index (χ2n) is 6.88. The van der Waals surface area contributed by atoms with E-state index >= 15 is 0 Å². The van der Waals surface area contributed by atoms with Crippen molar-refractivity contribution in [1.29, 1.82) is 0 Å². The number of imidazole rings is 1. The maximum absolute atomic E-state index is 10.4. The third-order valence-electron chi connectivity index (χ3n) is 5.34. The molecule has 1 aliphatic heterocycles. The quantitative estimate of drug-likeness (QED) is 0.545. The highest BCUT2D eigenvalue weighted by molar-refractivity contribution is 5.79. The first-order valence-electron chi connectivity index (χ1n) is 8.76. The lowest BCUT2D eigenvalue weighted by Crippen LogP contribution is -2.46. The lowest BCUT2D eigenvalue weighted by molar-refractivity contribution is -0.746. The van der Waals surface area contributed by atoms with Crippen LogP contribution in [0, 0.1) is 0 Å². The standard InChI is InChI=1S/C16H24N5O4/c17-14-11-15(19-7-18-14)21(8-20(11)9-4-2-1-3-5-9)16-13(24)12(23)10(6-22)25-16/h7-10,12-13,16,22-24H,1-6H2,(H2,17,18,19)/q+1/t10-,12-,13-,16-/m1/s1. The van der Waals surface area contributed by atoms with Crippen molar-refractivity contribution in [3.63, 3.8) is 0 Å². The fourth-order valence-electron chi connectivity index (χ4n) is 4.00. The summed E-state index contributed by atoms with van der Waals surface area (Å²) in [5.74, 6) is 0.376. The summed E-state index contributed by atoms with van der Waals surface area (Å²) in [6.45, 7) is -0.367. The number of hydrogen-bond donors (Lipinski definition) is 4. The molecular formula is C16H24N5O4+. The van der Waals surface area contributed by atoms with Crippen molar-refractivity contribution in [3.05, 3.63) is 12.7 Å². The van der Waals surface area contributed by atoms with Gasteiger partial charge in [0.05, 0.1) is 12.6 Å². The van der Waals surface area contributed by atoms with E-state index in [1.54, 1.807) is 4.57 Å². The fraction of sp³-hybridized carbons (Fsp3) is 0.688. The van der Waals surface area contributed by atoms with E-state index in [1.807, 2.05) is 6.33 Å². The predicted octanol–water partition coefficient (Wildman–Crippen LogP) is -0.582. The number of anilines is 1. The molecule has 4 rings (SSSR count). The van der Waals surface area contributed by atoms with E-state index in [-0.39, 0.29) is 6.61 Å². The van der Waals surface area contributed by atoms with E-state index in [9.17, 15) is 15.3 Å². The number of aliphatic hydroxyl groups is 3. The monoisotopic (exact) mass is 350 g/mol.